The van der Waals surface area contributed by atoms with E-state index in [1.54, 1.807) is 6.07 Å². The second-order valence-corrected chi connectivity index (χ2v) is 3.31. The molecular formula is C11H15F. The Kier molecular flexibility index (Phi) is 3.27. The van der Waals surface area contributed by atoms with Gasteiger partial charge in [0.1, 0.15) is 5.82 Å². The monoisotopic (exact) mass is 166 g/mol. The van der Waals surface area contributed by atoms with Crippen molar-refractivity contribution in [3.63, 3.8) is 0 Å². The van der Waals surface area contributed by atoms with Gasteiger partial charge in [0.25, 0.3) is 0 Å². The van der Waals surface area contributed by atoms with E-state index in [2.05, 4.69) is 13.8 Å². The molecule has 1 heteroatoms. The Morgan fingerprint density at radius 1 is 1.33 bits per heavy atom. The predicted octanol–water partition coefficient (Wildman–Crippen LogP) is 3.41. The Morgan fingerprint density at radius 2 is 2.00 bits per heavy atom. The molecule has 0 saturated carbocycles. The van der Waals surface area contributed by atoms with Gasteiger partial charge in [0.2, 0.25) is 0 Å². The molecule has 0 aliphatic rings. The second-order valence-electron chi connectivity index (χ2n) is 3.31. The Hall–Kier alpha value is -0.850. The Balaban J connectivity index is 2.69. The third-order valence-electron chi connectivity index (χ3n) is 2.22. The summed E-state index contributed by atoms with van der Waals surface area (Å²) in [4.78, 5) is 0. The van der Waals surface area contributed by atoms with Crippen molar-refractivity contribution in [2.75, 3.05) is 0 Å². The molecule has 1 rings (SSSR count). The summed E-state index contributed by atoms with van der Waals surface area (Å²) in [6.07, 6.45) is 1.96. The highest BCUT2D eigenvalue weighted by Gasteiger charge is 2.04. The summed E-state index contributed by atoms with van der Waals surface area (Å²) in [5, 5.41) is 0. The van der Waals surface area contributed by atoms with Gasteiger partial charge in [0.05, 0.1) is 0 Å². The molecular weight excluding hydrogens is 151 g/mol. The van der Waals surface area contributed by atoms with E-state index in [4.69, 9.17) is 0 Å². The van der Waals surface area contributed by atoms with Gasteiger partial charge in [-0.25, -0.2) is 4.39 Å². The molecule has 0 saturated heterocycles. The van der Waals surface area contributed by atoms with Gasteiger partial charge in [-0.15, -0.1) is 0 Å². The van der Waals surface area contributed by atoms with Gasteiger partial charge in [0.15, 0.2) is 0 Å². The molecule has 0 fully saturated rings. The van der Waals surface area contributed by atoms with Crippen molar-refractivity contribution in [2.45, 2.75) is 26.7 Å². The van der Waals surface area contributed by atoms with E-state index in [1.165, 1.54) is 6.07 Å². The molecule has 0 aliphatic heterocycles. The zero-order chi connectivity index (χ0) is 8.97. The maximum Gasteiger partial charge on any atom is 0.126 e. The molecule has 1 atom stereocenters. The van der Waals surface area contributed by atoms with Crippen LogP contribution in [0.2, 0.25) is 0 Å². The number of hydrogen-bond acceptors (Lipinski definition) is 0. The molecule has 0 aromatic heterocycles. The van der Waals surface area contributed by atoms with Crippen molar-refractivity contribution < 1.29 is 4.39 Å². The number of halogens is 1. The number of hydrogen-bond donors (Lipinski definition) is 0. The zero-order valence-corrected chi connectivity index (χ0v) is 7.68. The fraction of sp³-hybridized carbons (Fsp3) is 0.455. The van der Waals surface area contributed by atoms with Crippen molar-refractivity contribution in [1.82, 2.24) is 0 Å². The van der Waals surface area contributed by atoms with Gasteiger partial charge in [-0.2, -0.15) is 0 Å². The quantitative estimate of drug-likeness (QED) is 0.645. The first kappa shape index (κ1) is 9.24. The van der Waals surface area contributed by atoms with Gasteiger partial charge >= 0.3 is 0 Å². The van der Waals surface area contributed by atoms with E-state index >= 15 is 0 Å². The van der Waals surface area contributed by atoms with E-state index in [9.17, 15) is 4.39 Å². The molecule has 0 bridgehead atoms. The van der Waals surface area contributed by atoms with Crippen molar-refractivity contribution in [1.29, 1.82) is 0 Å². The molecule has 1 aromatic carbocycles. The molecule has 0 radical (unpaired) electrons. The van der Waals surface area contributed by atoms with Gasteiger partial charge in [-0.1, -0.05) is 38.5 Å². The zero-order valence-electron chi connectivity index (χ0n) is 7.68. The maximum atomic E-state index is 13.1. The second kappa shape index (κ2) is 4.24. The lowest BCUT2D eigenvalue weighted by molar-refractivity contribution is 0.531. The summed E-state index contributed by atoms with van der Waals surface area (Å²) < 4.78 is 13.1. The predicted molar refractivity (Wildman–Crippen MR) is 49.6 cm³/mol. The van der Waals surface area contributed by atoms with E-state index < -0.39 is 0 Å². The maximum absolute atomic E-state index is 13.1. The molecule has 0 N–H and O–H groups in total. The van der Waals surface area contributed by atoms with Crippen molar-refractivity contribution in [2.24, 2.45) is 5.92 Å². The molecule has 1 aromatic rings. The molecule has 66 valence electrons. The lowest BCUT2D eigenvalue weighted by Crippen LogP contribution is -1.99. The normalized spacial score (nSPS) is 12.9. The summed E-state index contributed by atoms with van der Waals surface area (Å²) in [6, 6.07) is 7.01. The Morgan fingerprint density at radius 3 is 2.58 bits per heavy atom. The van der Waals surface area contributed by atoms with Crippen molar-refractivity contribution >= 4 is 0 Å². The first-order chi connectivity index (χ1) is 5.74. The summed E-state index contributed by atoms with van der Waals surface area (Å²) in [5.74, 6) is 0.500. The van der Waals surface area contributed by atoms with Gasteiger partial charge in [0, 0.05) is 0 Å². The SMILES string of the molecule is CCC(C)Cc1ccccc1F. The molecule has 0 heterocycles. The average molecular weight is 166 g/mol. The molecule has 1 unspecified atom stereocenters. The standard InChI is InChI=1S/C11H15F/c1-3-9(2)8-10-6-4-5-7-11(10)12/h4-7,9H,3,8H2,1-2H3. The van der Waals surface area contributed by atoms with Crippen LogP contribution in [0.15, 0.2) is 24.3 Å². The molecule has 0 amide bonds. The van der Waals surface area contributed by atoms with Crippen LogP contribution in [0, 0.1) is 11.7 Å². The third-order valence-corrected chi connectivity index (χ3v) is 2.22. The van der Waals surface area contributed by atoms with Crippen LogP contribution in [-0.4, -0.2) is 0 Å². The topological polar surface area (TPSA) is 0 Å². The van der Waals surface area contributed by atoms with Gasteiger partial charge in [-0.05, 0) is 24.0 Å². The summed E-state index contributed by atoms with van der Waals surface area (Å²) >= 11 is 0. The largest absolute Gasteiger partial charge is 0.207 e. The summed E-state index contributed by atoms with van der Waals surface area (Å²) in [7, 11) is 0. The van der Waals surface area contributed by atoms with Crippen LogP contribution in [0.25, 0.3) is 0 Å². The lowest BCUT2D eigenvalue weighted by atomic mass is 9.99. The summed E-state index contributed by atoms with van der Waals surface area (Å²) in [5.41, 5.74) is 0.840. The lowest BCUT2D eigenvalue weighted by Gasteiger charge is -2.08. The first-order valence-electron chi connectivity index (χ1n) is 4.47. The highest BCUT2D eigenvalue weighted by molar-refractivity contribution is 5.17. The Bertz CT molecular complexity index is 243. The highest BCUT2D eigenvalue weighted by Crippen LogP contribution is 2.14. The van der Waals surface area contributed by atoms with Crippen molar-refractivity contribution in [3.05, 3.63) is 35.6 Å². The average Bonchev–Trinajstić information content (AvgIpc) is 2.09. The molecule has 0 nitrogen and oxygen atoms in total. The van der Waals surface area contributed by atoms with Gasteiger partial charge < -0.3 is 0 Å². The van der Waals surface area contributed by atoms with Gasteiger partial charge in [-0.3, -0.25) is 0 Å². The van der Waals surface area contributed by atoms with E-state index in [0.29, 0.717) is 5.92 Å². The van der Waals surface area contributed by atoms with Crippen LogP contribution in [0.1, 0.15) is 25.8 Å². The molecule has 12 heavy (non-hydrogen) atoms. The molecule has 0 aliphatic carbocycles. The third kappa shape index (κ3) is 2.33. The number of benzene rings is 1. The smallest absolute Gasteiger partial charge is 0.126 e. The minimum absolute atomic E-state index is 0.0715. The van der Waals surface area contributed by atoms with Crippen LogP contribution in [-0.2, 0) is 6.42 Å². The fourth-order valence-corrected chi connectivity index (χ4v) is 1.18. The Labute approximate surface area is 73.4 Å². The van der Waals surface area contributed by atoms with Crippen molar-refractivity contribution in [3.8, 4) is 0 Å². The fourth-order valence-electron chi connectivity index (χ4n) is 1.18. The van der Waals surface area contributed by atoms with E-state index in [-0.39, 0.29) is 5.82 Å². The number of rotatable bonds is 3. The van der Waals surface area contributed by atoms with Crippen LogP contribution >= 0.6 is 0 Å². The van der Waals surface area contributed by atoms with Crippen LogP contribution < -0.4 is 0 Å². The highest BCUT2D eigenvalue weighted by atomic mass is 19.1. The van der Waals surface area contributed by atoms with Crippen LogP contribution in [0.3, 0.4) is 0 Å². The van der Waals surface area contributed by atoms with E-state index in [1.807, 2.05) is 12.1 Å². The van der Waals surface area contributed by atoms with E-state index in [0.717, 1.165) is 18.4 Å². The minimum Gasteiger partial charge on any atom is -0.207 e. The van der Waals surface area contributed by atoms with Crippen LogP contribution in [0.5, 0.6) is 0 Å². The van der Waals surface area contributed by atoms with Crippen LogP contribution in [0.4, 0.5) is 4.39 Å². The molecule has 0 spiro atoms. The summed E-state index contributed by atoms with van der Waals surface area (Å²) in [6.45, 7) is 4.28. The minimum atomic E-state index is -0.0715. The first-order valence-corrected chi connectivity index (χ1v) is 4.47.